The molecular formula is C6H12ClNO2S. The molecule has 5 heteroatoms. The Labute approximate surface area is 72.3 Å². The van der Waals surface area contributed by atoms with Crippen molar-refractivity contribution in [1.29, 1.82) is 0 Å². The van der Waals surface area contributed by atoms with Gasteiger partial charge in [0.15, 0.2) is 0 Å². The molecule has 0 aliphatic rings. The van der Waals surface area contributed by atoms with Gasteiger partial charge in [0.2, 0.25) is 10.0 Å². The molecule has 0 amide bonds. The second kappa shape index (κ2) is 4.74. The van der Waals surface area contributed by atoms with Gasteiger partial charge in [0.1, 0.15) is 4.71 Å². The van der Waals surface area contributed by atoms with Gasteiger partial charge in [-0.2, -0.15) is 0 Å². The third-order valence-electron chi connectivity index (χ3n) is 1.20. The van der Waals surface area contributed by atoms with Crippen molar-refractivity contribution in [1.82, 2.24) is 0 Å². The van der Waals surface area contributed by atoms with Crippen LogP contribution in [0.1, 0.15) is 19.3 Å². The van der Waals surface area contributed by atoms with E-state index in [-0.39, 0.29) is 0 Å². The topological polar surface area (TPSA) is 60.2 Å². The lowest BCUT2D eigenvalue weighted by molar-refractivity contribution is 0.588. The van der Waals surface area contributed by atoms with E-state index in [1.54, 1.807) is 6.08 Å². The molecule has 0 aromatic rings. The van der Waals surface area contributed by atoms with E-state index in [1.807, 2.05) is 0 Å². The Bertz CT molecular complexity index is 213. The third kappa shape index (κ3) is 5.24. The number of hydrogen-bond acceptors (Lipinski definition) is 2. The highest BCUT2D eigenvalue weighted by Crippen LogP contribution is 2.11. The molecule has 0 aliphatic carbocycles. The summed E-state index contributed by atoms with van der Waals surface area (Å²) in [7, 11) is -3.55. The molecule has 11 heavy (non-hydrogen) atoms. The normalized spacial score (nSPS) is 14.4. The first-order chi connectivity index (χ1) is 4.98. The molecular weight excluding hydrogens is 186 g/mol. The van der Waals surface area contributed by atoms with Gasteiger partial charge in [-0.3, -0.25) is 0 Å². The molecule has 0 fully saturated rings. The average Bonchev–Trinajstić information content (AvgIpc) is 1.86. The predicted molar refractivity (Wildman–Crippen MR) is 46.8 cm³/mol. The maximum absolute atomic E-state index is 10.5. The Hall–Kier alpha value is -0.0600. The average molecular weight is 198 g/mol. The van der Waals surface area contributed by atoms with Crippen LogP contribution in [0, 0.1) is 0 Å². The van der Waals surface area contributed by atoms with Crippen LogP contribution >= 0.6 is 11.6 Å². The van der Waals surface area contributed by atoms with Gasteiger partial charge < -0.3 is 0 Å². The molecule has 66 valence electrons. The number of halogens is 1. The van der Waals surface area contributed by atoms with Gasteiger partial charge in [0, 0.05) is 0 Å². The molecule has 0 radical (unpaired) electrons. The Balaban J connectivity index is 3.70. The van der Waals surface area contributed by atoms with Crippen molar-refractivity contribution in [3.8, 4) is 0 Å². The summed E-state index contributed by atoms with van der Waals surface area (Å²) in [4.78, 5) is 0. The number of sulfonamides is 1. The van der Waals surface area contributed by atoms with Crippen LogP contribution in [0.2, 0.25) is 0 Å². The van der Waals surface area contributed by atoms with Crippen molar-refractivity contribution in [2.45, 2.75) is 24.0 Å². The molecule has 3 nitrogen and oxygen atoms in total. The lowest BCUT2D eigenvalue weighted by Crippen LogP contribution is -2.23. The minimum absolute atomic E-state index is 0.381. The van der Waals surface area contributed by atoms with Crippen LogP contribution in [0.5, 0.6) is 0 Å². The Morgan fingerprint density at radius 2 is 2.18 bits per heavy atom. The Morgan fingerprint density at radius 1 is 1.64 bits per heavy atom. The number of allylic oxidation sites excluding steroid dienone is 1. The monoisotopic (exact) mass is 197 g/mol. The number of nitrogens with two attached hydrogens (primary N) is 1. The standard InChI is InChI=1S/C6H12ClNO2S/c1-2-3-4-5-6(7)11(8,9)10/h2,6H,1,3-5H2,(H2,8,9,10). The maximum Gasteiger partial charge on any atom is 0.226 e. The van der Waals surface area contributed by atoms with Crippen molar-refractivity contribution < 1.29 is 8.42 Å². The highest BCUT2D eigenvalue weighted by Gasteiger charge is 2.16. The summed E-state index contributed by atoms with van der Waals surface area (Å²) in [5.41, 5.74) is 0. The fourth-order valence-corrected chi connectivity index (χ4v) is 1.24. The number of primary sulfonamides is 1. The molecule has 0 aliphatic heterocycles. The van der Waals surface area contributed by atoms with E-state index in [1.165, 1.54) is 0 Å². The molecule has 0 bridgehead atoms. The number of alkyl halides is 1. The van der Waals surface area contributed by atoms with E-state index in [9.17, 15) is 8.42 Å². The molecule has 0 heterocycles. The minimum Gasteiger partial charge on any atom is -0.227 e. The molecule has 0 spiro atoms. The summed E-state index contributed by atoms with van der Waals surface area (Å²) < 4.78 is 20.1. The van der Waals surface area contributed by atoms with Gasteiger partial charge in [-0.1, -0.05) is 6.08 Å². The van der Waals surface area contributed by atoms with Crippen LogP contribution in [0.15, 0.2) is 12.7 Å². The first kappa shape index (κ1) is 10.9. The fourth-order valence-electron chi connectivity index (χ4n) is 0.587. The van der Waals surface area contributed by atoms with E-state index in [0.29, 0.717) is 12.8 Å². The van der Waals surface area contributed by atoms with Gasteiger partial charge in [0.05, 0.1) is 0 Å². The predicted octanol–water partition coefficient (Wildman–Crippen LogP) is 1.20. The lowest BCUT2D eigenvalue weighted by atomic mass is 10.2. The number of hydrogen-bond donors (Lipinski definition) is 1. The van der Waals surface area contributed by atoms with Crippen LogP contribution in [0.25, 0.3) is 0 Å². The zero-order valence-corrected chi connectivity index (χ0v) is 7.74. The molecule has 1 atom stereocenters. The molecule has 0 aromatic heterocycles. The third-order valence-corrected chi connectivity index (χ3v) is 3.11. The quantitative estimate of drug-likeness (QED) is 0.409. The second-order valence-electron chi connectivity index (χ2n) is 2.22. The molecule has 1 unspecified atom stereocenters. The van der Waals surface area contributed by atoms with Crippen molar-refractivity contribution in [3.63, 3.8) is 0 Å². The summed E-state index contributed by atoms with van der Waals surface area (Å²) in [6.07, 6.45) is 3.56. The highest BCUT2D eigenvalue weighted by atomic mass is 35.5. The van der Waals surface area contributed by atoms with E-state index >= 15 is 0 Å². The van der Waals surface area contributed by atoms with Crippen LogP contribution < -0.4 is 5.14 Å². The summed E-state index contributed by atoms with van der Waals surface area (Å²) in [6.45, 7) is 3.50. The summed E-state index contributed by atoms with van der Waals surface area (Å²) >= 11 is 5.45. The van der Waals surface area contributed by atoms with Crippen molar-refractivity contribution in [2.24, 2.45) is 5.14 Å². The summed E-state index contributed by atoms with van der Waals surface area (Å²) in [6, 6.07) is 0. The minimum atomic E-state index is -3.55. The van der Waals surface area contributed by atoms with Gasteiger partial charge in [-0.05, 0) is 19.3 Å². The summed E-state index contributed by atoms with van der Waals surface area (Å²) in [5.74, 6) is 0. The second-order valence-corrected chi connectivity index (χ2v) is 4.75. The zero-order chi connectivity index (χ0) is 8.91. The van der Waals surface area contributed by atoms with Crippen molar-refractivity contribution in [2.75, 3.05) is 0 Å². The van der Waals surface area contributed by atoms with Crippen LogP contribution in [0.3, 0.4) is 0 Å². The van der Waals surface area contributed by atoms with E-state index < -0.39 is 14.7 Å². The first-order valence-electron chi connectivity index (χ1n) is 3.25. The van der Waals surface area contributed by atoms with Gasteiger partial charge in [0.25, 0.3) is 0 Å². The molecule has 0 aromatic carbocycles. The smallest absolute Gasteiger partial charge is 0.226 e. The molecule has 0 saturated heterocycles. The van der Waals surface area contributed by atoms with E-state index in [0.717, 1.165) is 6.42 Å². The highest BCUT2D eigenvalue weighted by molar-refractivity contribution is 7.91. The lowest BCUT2D eigenvalue weighted by Gasteiger charge is -2.04. The molecule has 2 N–H and O–H groups in total. The van der Waals surface area contributed by atoms with Crippen LogP contribution in [-0.4, -0.2) is 13.1 Å². The molecule has 0 rings (SSSR count). The Kier molecular flexibility index (Phi) is 4.72. The van der Waals surface area contributed by atoms with Crippen molar-refractivity contribution in [3.05, 3.63) is 12.7 Å². The van der Waals surface area contributed by atoms with Crippen molar-refractivity contribution >= 4 is 21.6 Å². The van der Waals surface area contributed by atoms with Crippen LogP contribution in [0.4, 0.5) is 0 Å². The van der Waals surface area contributed by atoms with Crippen LogP contribution in [-0.2, 0) is 10.0 Å². The van der Waals surface area contributed by atoms with Gasteiger partial charge >= 0.3 is 0 Å². The van der Waals surface area contributed by atoms with E-state index in [2.05, 4.69) is 6.58 Å². The summed E-state index contributed by atoms with van der Waals surface area (Å²) in [5, 5.41) is 4.78. The van der Waals surface area contributed by atoms with Gasteiger partial charge in [-0.15, -0.1) is 18.2 Å². The molecule has 0 saturated carbocycles. The van der Waals surface area contributed by atoms with E-state index in [4.69, 9.17) is 16.7 Å². The van der Waals surface area contributed by atoms with Gasteiger partial charge in [-0.25, -0.2) is 13.6 Å². The maximum atomic E-state index is 10.5. The number of unbranched alkanes of at least 4 members (excludes halogenated alkanes) is 1. The first-order valence-corrected chi connectivity index (χ1v) is 5.29. The zero-order valence-electron chi connectivity index (χ0n) is 6.16. The SMILES string of the molecule is C=CCCCC(Cl)S(N)(=O)=O. The largest absolute Gasteiger partial charge is 0.227 e. The number of rotatable bonds is 5. The Morgan fingerprint density at radius 3 is 2.55 bits per heavy atom. The fraction of sp³-hybridized carbons (Fsp3) is 0.667.